The quantitative estimate of drug-likeness (QED) is 0.587. The maximum Gasteiger partial charge on any atom is 0.136 e. The van der Waals surface area contributed by atoms with Gasteiger partial charge in [-0.2, -0.15) is 0 Å². The van der Waals surface area contributed by atoms with Crippen molar-refractivity contribution in [2.24, 2.45) is 0 Å². The number of rotatable bonds is 3. The van der Waals surface area contributed by atoms with Gasteiger partial charge in [-0.1, -0.05) is 45.7 Å². The molecule has 0 saturated heterocycles. The highest BCUT2D eigenvalue weighted by Crippen LogP contribution is 2.13. The van der Waals surface area contributed by atoms with Crippen LogP contribution in [0.15, 0.2) is 24.4 Å². The van der Waals surface area contributed by atoms with E-state index < -0.39 is 0 Å². The zero-order valence-corrected chi connectivity index (χ0v) is 8.85. The van der Waals surface area contributed by atoms with Crippen molar-refractivity contribution in [3.05, 3.63) is 35.1 Å². The molecule has 0 saturated carbocycles. The van der Waals surface area contributed by atoms with Crippen LogP contribution in [-0.2, 0) is 0 Å². The lowest BCUT2D eigenvalue weighted by Gasteiger charge is -1.94. The Morgan fingerprint density at radius 2 is 2.42 bits per heavy atom. The Balaban J connectivity index is 2.68. The third kappa shape index (κ3) is 2.95. The van der Waals surface area contributed by atoms with Gasteiger partial charge in [0, 0.05) is 17.1 Å². The van der Waals surface area contributed by atoms with Gasteiger partial charge in [-0.3, -0.25) is 0 Å². The number of alkyl halides is 1. The average molecular weight is 247 g/mol. The largest absolute Gasteiger partial charge is 0.244 e. The zero-order valence-electron chi connectivity index (χ0n) is 6.50. The second-order valence-corrected chi connectivity index (χ2v) is 3.41. The lowest BCUT2D eigenvalue weighted by molar-refractivity contribution is 1.26. The van der Waals surface area contributed by atoms with Crippen molar-refractivity contribution < 1.29 is 0 Å². The van der Waals surface area contributed by atoms with Crippen LogP contribution < -0.4 is 0 Å². The van der Waals surface area contributed by atoms with Crippen LogP contribution in [0.5, 0.6) is 0 Å². The fourth-order valence-corrected chi connectivity index (χ4v) is 1.24. The lowest BCUT2D eigenvalue weighted by Crippen LogP contribution is -1.78. The third-order valence-electron chi connectivity index (χ3n) is 1.36. The van der Waals surface area contributed by atoms with Crippen LogP contribution >= 0.6 is 27.5 Å². The van der Waals surface area contributed by atoms with Crippen molar-refractivity contribution >= 4 is 33.6 Å². The van der Waals surface area contributed by atoms with Gasteiger partial charge in [-0.05, 0) is 12.5 Å². The molecule has 0 amide bonds. The van der Waals surface area contributed by atoms with Crippen LogP contribution in [0.4, 0.5) is 0 Å². The summed E-state index contributed by atoms with van der Waals surface area (Å²) in [7, 11) is 0. The van der Waals surface area contributed by atoms with Crippen LogP contribution in [0.1, 0.15) is 12.0 Å². The van der Waals surface area contributed by atoms with E-state index in [4.69, 9.17) is 11.6 Å². The van der Waals surface area contributed by atoms with E-state index in [0.717, 1.165) is 17.3 Å². The minimum atomic E-state index is 0.559. The Kier molecular flexibility index (Phi) is 4.33. The van der Waals surface area contributed by atoms with E-state index in [-0.39, 0.29) is 0 Å². The third-order valence-corrected chi connectivity index (χ3v) is 2.13. The molecule has 0 N–H and O–H groups in total. The molecule has 3 heteroatoms. The summed E-state index contributed by atoms with van der Waals surface area (Å²) < 4.78 is 0. The highest BCUT2D eigenvalue weighted by molar-refractivity contribution is 9.09. The van der Waals surface area contributed by atoms with Gasteiger partial charge in [-0.15, -0.1) is 0 Å². The first kappa shape index (κ1) is 9.75. The fourth-order valence-electron chi connectivity index (χ4n) is 0.796. The first-order chi connectivity index (χ1) is 5.84. The summed E-state index contributed by atoms with van der Waals surface area (Å²) in [5, 5.41) is 1.53. The molecule has 0 aromatic carbocycles. The topological polar surface area (TPSA) is 12.9 Å². The van der Waals surface area contributed by atoms with E-state index in [1.54, 1.807) is 6.20 Å². The molecule has 0 fully saturated rings. The minimum absolute atomic E-state index is 0.559. The number of halogens is 2. The Hall–Kier alpha value is -0.340. The Morgan fingerprint density at radius 3 is 3.08 bits per heavy atom. The molecule has 0 aliphatic carbocycles. The first-order valence-electron chi connectivity index (χ1n) is 3.67. The van der Waals surface area contributed by atoms with Crippen molar-refractivity contribution in [3.63, 3.8) is 0 Å². The van der Waals surface area contributed by atoms with Gasteiger partial charge in [-0.25, -0.2) is 4.98 Å². The predicted molar refractivity (Wildman–Crippen MR) is 56.7 cm³/mol. The van der Waals surface area contributed by atoms with E-state index >= 15 is 0 Å². The molecular weight excluding hydrogens is 237 g/mol. The summed E-state index contributed by atoms with van der Waals surface area (Å²) in [6.07, 6.45) is 6.74. The van der Waals surface area contributed by atoms with Gasteiger partial charge < -0.3 is 0 Å². The molecule has 12 heavy (non-hydrogen) atoms. The molecule has 0 atom stereocenters. The molecule has 1 heterocycles. The number of hydrogen-bond donors (Lipinski definition) is 0. The number of pyridine rings is 1. The zero-order chi connectivity index (χ0) is 8.81. The second-order valence-electron chi connectivity index (χ2n) is 2.26. The van der Waals surface area contributed by atoms with Gasteiger partial charge in [0.2, 0.25) is 0 Å². The van der Waals surface area contributed by atoms with Gasteiger partial charge in [0.25, 0.3) is 0 Å². The Morgan fingerprint density at radius 1 is 1.58 bits per heavy atom. The number of allylic oxidation sites excluding steroid dienone is 1. The molecule has 1 rings (SSSR count). The van der Waals surface area contributed by atoms with Crippen LogP contribution in [0, 0.1) is 0 Å². The Bertz CT molecular complexity index is 273. The SMILES string of the molecule is Clc1ncccc1C=CCCBr. The van der Waals surface area contributed by atoms with Crippen molar-refractivity contribution in [1.29, 1.82) is 0 Å². The fraction of sp³-hybridized carbons (Fsp3) is 0.222. The van der Waals surface area contributed by atoms with E-state index in [1.165, 1.54) is 0 Å². The predicted octanol–water partition coefficient (Wildman–Crippen LogP) is 3.53. The summed E-state index contributed by atoms with van der Waals surface area (Å²) in [5.41, 5.74) is 0.972. The van der Waals surface area contributed by atoms with Crippen LogP contribution in [0.25, 0.3) is 6.08 Å². The molecule has 0 aliphatic heterocycles. The van der Waals surface area contributed by atoms with E-state index in [9.17, 15) is 0 Å². The second kappa shape index (κ2) is 5.33. The maximum absolute atomic E-state index is 5.83. The summed E-state index contributed by atoms with van der Waals surface area (Å²) in [6.45, 7) is 0. The molecule has 1 aromatic rings. The molecule has 0 spiro atoms. The average Bonchev–Trinajstić information content (AvgIpc) is 2.09. The molecule has 64 valence electrons. The maximum atomic E-state index is 5.83. The highest BCUT2D eigenvalue weighted by Gasteiger charge is 1.93. The number of aromatic nitrogens is 1. The van der Waals surface area contributed by atoms with Crippen LogP contribution in [0.2, 0.25) is 5.15 Å². The lowest BCUT2D eigenvalue weighted by atomic mass is 10.2. The summed E-state index contributed by atoms with van der Waals surface area (Å²) in [6, 6.07) is 3.82. The van der Waals surface area contributed by atoms with Gasteiger partial charge in [0.1, 0.15) is 5.15 Å². The summed E-state index contributed by atoms with van der Waals surface area (Å²) in [4.78, 5) is 3.96. The van der Waals surface area contributed by atoms with Crippen LogP contribution in [0.3, 0.4) is 0 Å². The minimum Gasteiger partial charge on any atom is -0.244 e. The number of hydrogen-bond acceptors (Lipinski definition) is 1. The molecule has 0 radical (unpaired) electrons. The summed E-state index contributed by atoms with van der Waals surface area (Å²) >= 11 is 9.17. The molecular formula is C9H9BrClN. The standard InChI is InChI=1S/C9H9BrClN/c10-6-2-1-4-8-5-3-7-12-9(8)11/h1,3-5,7H,2,6H2. The summed E-state index contributed by atoms with van der Waals surface area (Å²) in [5.74, 6) is 0. The molecule has 1 nitrogen and oxygen atoms in total. The van der Waals surface area contributed by atoms with Gasteiger partial charge >= 0.3 is 0 Å². The van der Waals surface area contributed by atoms with E-state index in [0.29, 0.717) is 5.15 Å². The molecule has 1 aromatic heterocycles. The molecule has 0 aliphatic rings. The van der Waals surface area contributed by atoms with Gasteiger partial charge in [0.05, 0.1) is 0 Å². The monoisotopic (exact) mass is 245 g/mol. The smallest absolute Gasteiger partial charge is 0.136 e. The van der Waals surface area contributed by atoms with Crippen molar-refractivity contribution in [2.75, 3.05) is 5.33 Å². The highest BCUT2D eigenvalue weighted by atomic mass is 79.9. The van der Waals surface area contributed by atoms with Crippen molar-refractivity contribution in [3.8, 4) is 0 Å². The van der Waals surface area contributed by atoms with Crippen LogP contribution in [-0.4, -0.2) is 10.3 Å². The molecule has 0 unspecified atom stereocenters. The van der Waals surface area contributed by atoms with Crippen molar-refractivity contribution in [1.82, 2.24) is 4.98 Å². The van der Waals surface area contributed by atoms with Gasteiger partial charge in [0.15, 0.2) is 0 Å². The van der Waals surface area contributed by atoms with E-state index in [2.05, 4.69) is 27.0 Å². The molecule has 0 bridgehead atoms. The van der Waals surface area contributed by atoms with Crippen molar-refractivity contribution in [2.45, 2.75) is 6.42 Å². The Labute approximate surface area is 85.6 Å². The van der Waals surface area contributed by atoms with E-state index in [1.807, 2.05) is 18.2 Å². The first-order valence-corrected chi connectivity index (χ1v) is 5.17. The normalized spacial score (nSPS) is 10.8. The number of nitrogens with zero attached hydrogens (tertiary/aromatic N) is 1.